The molecule has 9 heteroatoms. The number of carbonyl (C=O) groups is 1. The van der Waals surface area contributed by atoms with Gasteiger partial charge >= 0.3 is 11.0 Å². The fraction of sp³-hybridized carbons (Fsp3) is 0.600. The van der Waals surface area contributed by atoms with E-state index in [9.17, 15) is 14.9 Å². The van der Waals surface area contributed by atoms with Gasteiger partial charge in [0.1, 0.15) is 6.20 Å². The summed E-state index contributed by atoms with van der Waals surface area (Å²) >= 11 is 1.02. The summed E-state index contributed by atoms with van der Waals surface area (Å²) in [5.41, 5.74) is 0. The maximum atomic E-state index is 11.2. The summed E-state index contributed by atoms with van der Waals surface area (Å²) < 4.78 is 10.0. The van der Waals surface area contributed by atoms with Gasteiger partial charge in [0.2, 0.25) is 0 Å². The molecule has 0 aliphatic carbocycles. The van der Waals surface area contributed by atoms with Crippen LogP contribution in [0.15, 0.2) is 6.20 Å². The minimum atomic E-state index is -0.465. The van der Waals surface area contributed by atoms with Crippen molar-refractivity contribution in [2.75, 3.05) is 31.7 Å². The summed E-state index contributed by atoms with van der Waals surface area (Å²) in [6.45, 7) is 1.52. The van der Waals surface area contributed by atoms with E-state index in [1.807, 2.05) is 4.90 Å². The first-order valence-electron chi connectivity index (χ1n) is 5.63. The van der Waals surface area contributed by atoms with Gasteiger partial charge in [0, 0.05) is 13.1 Å². The molecule has 0 spiro atoms. The van der Waals surface area contributed by atoms with Gasteiger partial charge < -0.3 is 14.4 Å². The van der Waals surface area contributed by atoms with Gasteiger partial charge in [0.15, 0.2) is 5.13 Å². The zero-order valence-corrected chi connectivity index (χ0v) is 11.1. The second-order valence-electron chi connectivity index (χ2n) is 3.96. The molecular formula is C10H13N3O5S. The molecule has 19 heavy (non-hydrogen) atoms. The average molecular weight is 287 g/mol. The fourth-order valence-electron chi connectivity index (χ4n) is 1.77. The van der Waals surface area contributed by atoms with Gasteiger partial charge in [-0.15, -0.1) is 0 Å². The molecule has 8 nitrogen and oxygen atoms in total. The molecule has 1 atom stereocenters. The van der Waals surface area contributed by atoms with Crippen molar-refractivity contribution in [1.29, 1.82) is 0 Å². The van der Waals surface area contributed by atoms with Crippen LogP contribution in [0.1, 0.15) is 6.42 Å². The van der Waals surface area contributed by atoms with Crippen LogP contribution in [0.3, 0.4) is 0 Å². The van der Waals surface area contributed by atoms with E-state index < -0.39 is 4.92 Å². The maximum absolute atomic E-state index is 11.2. The highest BCUT2D eigenvalue weighted by Gasteiger charge is 2.26. The van der Waals surface area contributed by atoms with Crippen molar-refractivity contribution >= 4 is 27.4 Å². The quantitative estimate of drug-likeness (QED) is 0.459. The first-order valence-corrected chi connectivity index (χ1v) is 6.45. The van der Waals surface area contributed by atoms with Gasteiger partial charge in [0.25, 0.3) is 0 Å². The lowest BCUT2D eigenvalue weighted by Crippen LogP contribution is -2.43. The number of methoxy groups -OCH3 is 1. The van der Waals surface area contributed by atoms with E-state index in [0.717, 1.165) is 11.3 Å². The van der Waals surface area contributed by atoms with E-state index in [1.54, 1.807) is 0 Å². The van der Waals surface area contributed by atoms with Crippen LogP contribution in [0.25, 0.3) is 0 Å². The Morgan fingerprint density at radius 3 is 3.21 bits per heavy atom. The summed E-state index contributed by atoms with van der Waals surface area (Å²) in [5.74, 6) is -0.336. The van der Waals surface area contributed by atoms with Gasteiger partial charge in [-0.3, -0.25) is 14.9 Å². The molecule has 0 bridgehead atoms. The normalized spacial score (nSPS) is 19.2. The maximum Gasteiger partial charge on any atom is 0.345 e. The molecule has 1 unspecified atom stereocenters. The summed E-state index contributed by atoms with van der Waals surface area (Å²) in [7, 11) is 1.33. The van der Waals surface area contributed by atoms with Crippen LogP contribution in [0.4, 0.5) is 10.1 Å². The van der Waals surface area contributed by atoms with Crippen molar-refractivity contribution in [2.45, 2.75) is 12.5 Å². The van der Waals surface area contributed by atoms with Crippen LogP contribution in [-0.2, 0) is 14.3 Å². The number of nitro groups is 1. The van der Waals surface area contributed by atoms with E-state index in [4.69, 9.17) is 4.74 Å². The number of carbonyl (C=O) groups excluding carboxylic acids is 1. The summed E-state index contributed by atoms with van der Waals surface area (Å²) in [5, 5.41) is 11.2. The molecule has 2 heterocycles. The number of ether oxygens (including phenoxy) is 2. The number of rotatable bonds is 4. The second-order valence-corrected chi connectivity index (χ2v) is 4.94. The number of morpholine rings is 1. The first-order chi connectivity index (χ1) is 9.10. The molecule has 0 aromatic carbocycles. The van der Waals surface area contributed by atoms with Crippen LogP contribution >= 0.6 is 11.3 Å². The Hall–Kier alpha value is -1.74. The number of aromatic nitrogens is 1. The lowest BCUT2D eigenvalue weighted by atomic mass is 10.2. The average Bonchev–Trinajstić information content (AvgIpc) is 2.88. The minimum Gasteiger partial charge on any atom is -0.469 e. The Morgan fingerprint density at radius 2 is 2.58 bits per heavy atom. The molecule has 1 aliphatic rings. The number of anilines is 1. The van der Waals surface area contributed by atoms with Crippen LogP contribution in [0.2, 0.25) is 0 Å². The predicted octanol–water partition coefficient (Wildman–Crippen LogP) is 0.820. The van der Waals surface area contributed by atoms with E-state index in [-0.39, 0.29) is 23.5 Å². The van der Waals surface area contributed by atoms with Crippen molar-refractivity contribution < 1.29 is 19.2 Å². The topological polar surface area (TPSA) is 94.8 Å². The van der Waals surface area contributed by atoms with Crippen LogP contribution in [0, 0.1) is 10.1 Å². The molecule has 104 valence electrons. The number of hydrogen-bond donors (Lipinski definition) is 0. The SMILES string of the molecule is COC(=O)CC1CN(c2ncc([N+](=O)[O-])s2)CCO1. The molecular weight excluding hydrogens is 274 g/mol. The number of thiazole rings is 1. The Kier molecular flexibility index (Phi) is 4.27. The van der Waals surface area contributed by atoms with Crippen molar-refractivity contribution in [3.63, 3.8) is 0 Å². The number of nitrogens with zero attached hydrogens (tertiary/aromatic N) is 3. The minimum absolute atomic E-state index is 0.00556. The largest absolute Gasteiger partial charge is 0.469 e. The van der Waals surface area contributed by atoms with Gasteiger partial charge in [-0.2, -0.15) is 0 Å². The third-order valence-corrected chi connectivity index (χ3v) is 3.70. The molecule has 1 fully saturated rings. The molecule has 0 amide bonds. The zero-order chi connectivity index (χ0) is 13.8. The van der Waals surface area contributed by atoms with Crippen LogP contribution in [-0.4, -0.2) is 48.8 Å². The number of hydrogen-bond acceptors (Lipinski definition) is 8. The molecule has 1 aromatic rings. The predicted molar refractivity (Wildman–Crippen MR) is 67.4 cm³/mol. The van der Waals surface area contributed by atoms with E-state index in [2.05, 4.69) is 9.72 Å². The highest BCUT2D eigenvalue weighted by molar-refractivity contribution is 7.18. The van der Waals surface area contributed by atoms with Gasteiger partial charge in [-0.1, -0.05) is 0 Å². The molecule has 0 saturated carbocycles. The summed E-state index contributed by atoms with van der Waals surface area (Å²) in [4.78, 5) is 27.3. The summed E-state index contributed by atoms with van der Waals surface area (Å²) in [6, 6.07) is 0. The van der Waals surface area contributed by atoms with Gasteiger partial charge in [-0.05, 0) is 11.3 Å². The lowest BCUT2D eigenvalue weighted by molar-refractivity contribution is -0.380. The van der Waals surface area contributed by atoms with Crippen molar-refractivity contribution in [2.24, 2.45) is 0 Å². The third-order valence-electron chi connectivity index (χ3n) is 2.69. The molecule has 2 rings (SSSR count). The van der Waals surface area contributed by atoms with Crippen LogP contribution in [0.5, 0.6) is 0 Å². The Morgan fingerprint density at radius 1 is 1.79 bits per heavy atom. The molecule has 1 aromatic heterocycles. The monoisotopic (exact) mass is 287 g/mol. The van der Waals surface area contributed by atoms with E-state index in [0.29, 0.717) is 24.8 Å². The van der Waals surface area contributed by atoms with Crippen molar-refractivity contribution in [3.8, 4) is 0 Å². The lowest BCUT2D eigenvalue weighted by Gasteiger charge is -2.32. The van der Waals surface area contributed by atoms with Gasteiger partial charge in [0.05, 0.1) is 31.2 Å². The molecule has 0 N–H and O–H groups in total. The second kappa shape index (κ2) is 5.93. The van der Waals surface area contributed by atoms with Crippen LogP contribution < -0.4 is 4.90 Å². The number of esters is 1. The third kappa shape index (κ3) is 3.38. The molecule has 1 aliphatic heterocycles. The summed E-state index contributed by atoms with van der Waals surface area (Å²) in [6.07, 6.45) is 1.13. The Bertz CT molecular complexity index is 477. The van der Waals surface area contributed by atoms with Gasteiger partial charge in [-0.25, -0.2) is 4.98 Å². The Balaban J connectivity index is 1.99. The zero-order valence-electron chi connectivity index (χ0n) is 10.3. The Labute approximate surface area is 113 Å². The van der Waals surface area contributed by atoms with E-state index in [1.165, 1.54) is 13.3 Å². The smallest absolute Gasteiger partial charge is 0.345 e. The van der Waals surface area contributed by atoms with E-state index >= 15 is 0 Å². The van der Waals surface area contributed by atoms with Crippen molar-refractivity contribution in [1.82, 2.24) is 4.98 Å². The molecule has 1 saturated heterocycles. The van der Waals surface area contributed by atoms with Crippen molar-refractivity contribution in [3.05, 3.63) is 16.3 Å². The first kappa shape index (κ1) is 13.7. The fourth-order valence-corrected chi connectivity index (χ4v) is 2.54. The standard InChI is InChI=1S/C10H13N3O5S/c1-17-9(14)4-7-6-12(2-3-18-7)10-11-5-8(19-10)13(15)16/h5,7H,2-4,6H2,1H3. The molecule has 0 radical (unpaired) electrons. The highest BCUT2D eigenvalue weighted by Crippen LogP contribution is 2.29. The highest BCUT2D eigenvalue weighted by atomic mass is 32.1.